The van der Waals surface area contributed by atoms with E-state index in [1.54, 1.807) is 18.2 Å². The number of halogens is 1. The van der Waals surface area contributed by atoms with E-state index in [-0.39, 0.29) is 34.6 Å². The van der Waals surface area contributed by atoms with Gasteiger partial charge in [0.05, 0.1) is 18.1 Å². The number of para-hydroxylation sites is 2. The fraction of sp³-hybridized carbons (Fsp3) is 0.611. The zero-order valence-corrected chi connectivity index (χ0v) is 18.0. The standard InChI is InChI=1S/C18H27N5O3.HI/c1-2-19-17(22-11-7-18(13-22)8-12-26-14-18)21-10-9-20-15-5-3-4-6-16(15)23(24)25;/h3-6,20H,2,7-14H2,1H3,(H,19,21);1H. The molecular weight excluding hydrogens is 461 g/mol. The Morgan fingerprint density at radius 3 is 2.93 bits per heavy atom. The molecule has 0 bridgehead atoms. The number of aliphatic imine (C=N–C) groups is 1. The minimum Gasteiger partial charge on any atom is -0.381 e. The smallest absolute Gasteiger partial charge is 0.292 e. The summed E-state index contributed by atoms with van der Waals surface area (Å²) in [4.78, 5) is 17.7. The lowest BCUT2D eigenvalue weighted by Gasteiger charge is -2.25. The molecule has 0 aliphatic carbocycles. The number of nitrogens with zero attached hydrogens (tertiary/aromatic N) is 3. The maximum atomic E-state index is 11.1. The van der Waals surface area contributed by atoms with Gasteiger partial charge in [-0.3, -0.25) is 15.1 Å². The number of guanidine groups is 1. The van der Waals surface area contributed by atoms with E-state index in [4.69, 9.17) is 9.73 Å². The molecule has 0 amide bonds. The van der Waals surface area contributed by atoms with Crippen LogP contribution in [0.2, 0.25) is 0 Å². The normalized spacial score (nSPS) is 22.0. The van der Waals surface area contributed by atoms with E-state index in [0.717, 1.165) is 51.6 Å². The van der Waals surface area contributed by atoms with Gasteiger partial charge in [0.15, 0.2) is 5.96 Å². The molecule has 0 radical (unpaired) electrons. The van der Waals surface area contributed by atoms with Gasteiger partial charge in [0.25, 0.3) is 5.69 Å². The van der Waals surface area contributed by atoms with E-state index in [2.05, 4.69) is 22.5 Å². The minimum atomic E-state index is -0.372. The average Bonchev–Trinajstić information content (AvgIpc) is 3.28. The predicted octanol–water partition coefficient (Wildman–Crippen LogP) is 2.70. The van der Waals surface area contributed by atoms with Crippen molar-refractivity contribution in [2.24, 2.45) is 10.4 Å². The molecular formula is C18H28IN5O3. The molecule has 1 atom stereocenters. The molecule has 27 heavy (non-hydrogen) atoms. The van der Waals surface area contributed by atoms with E-state index >= 15 is 0 Å². The fourth-order valence-electron chi connectivity index (χ4n) is 3.65. The van der Waals surface area contributed by atoms with Crippen LogP contribution < -0.4 is 10.6 Å². The lowest BCUT2D eigenvalue weighted by Crippen LogP contribution is -2.41. The number of ether oxygens (including phenoxy) is 1. The number of nitrogens with one attached hydrogen (secondary N) is 2. The van der Waals surface area contributed by atoms with Crippen molar-refractivity contribution < 1.29 is 9.66 Å². The highest BCUT2D eigenvalue weighted by Crippen LogP contribution is 2.38. The van der Waals surface area contributed by atoms with Crippen molar-refractivity contribution in [1.29, 1.82) is 0 Å². The van der Waals surface area contributed by atoms with E-state index in [0.29, 0.717) is 24.2 Å². The number of benzene rings is 1. The quantitative estimate of drug-likeness (QED) is 0.160. The number of likely N-dealkylation sites (tertiary alicyclic amines) is 1. The van der Waals surface area contributed by atoms with Crippen molar-refractivity contribution in [3.63, 3.8) is 0 Å². The highest BCUT2D eigenvalue weighted by atomic mass is 127. The SMILES string of the molecule is CCNC(=NCCNc1ccccc1[N+](=O)[O-])N1CCC2(CCOC2)C1.I. The van der Waals surface area contributed by atoms with Gasteiger partial charge in [-0.05, 0) is 25.8 Å². The van der Waals surface area contributed by atoms with E-state index < -0.39 is 0 Å². The number of hydrogen-bond donors (Lipinski definition) is 2. The molecule has 1 aromatic carbocycles. The van der Waals surface area contributed by atoms with Gasteiger partial charge >= 0.3 is 0 Å². The monoisotopic (exact) mass is 489 g/mol. The Labute approximate surface area is 176 Å². The molecule has 150 valence electrons. The van der Waals surface area contributed by atoms with Crippen LogP contribution >= 0.6 is 24.0 Å². The second kappa shape index (κ2) is 10.1. The van der Waals surface area contributed by atoms with E-state index in [1.165, 1.54) is 6.07 Å². The van der Waals surface area contributed by atoms with Crippen LogP contribution in [0.25, 0.3) is 0 Å². The first-order chi connectivity index (χ1) is 12.6. The third kappa shape index (κ3) is 5.44. The van der Waals surface area contributed by atoms with Crippen molar-refractivity contribution in [2.75, 3.05) is 51.3 Å². The molecule has 0 saturated carbocycles. The molecule has 0 aromatic heterocycles. The largest absolute Gasteiger partial charge is 0.381 e. The molecule has 1 unspecified atom stereocenters. The number of anilines is 1. The van der Waals surface area contributed by atoms with Crippen LogP contribution in [-0.4, -0.2) is 61.7 Å². The van der Waals surface area contributed by atoms with Crippen molar-refractivity contribution in [3.8, 4) is 0 Å². The van der Waals surface area contributed by atoms with Crippen molar-refractivity contribution in [2.45, 2.75) is 19.8 Å². The van der Waals surface area contributed by atoms with E-state index in [9.17, 15) is 10.1 Å². The first kappa shape index (κ1) is 21.7. The first-order valence-corrected chi connectivity index (χ1v) is 9.22. The third-order valence-electron chi connectivity index (χ3n) is 5.05. The zero-order valence-electron chi connectivity index (χ0n) is 15.6. The summed E-state index contributed by atoms with van der Waals surface area (Å²) in [5.41, 5.74) is 0.908. The Morgan fingerprint density at radius 1 is 1.41 bits per heavy atom. The molecule has 1 spiro atoms. The van der Waals surface area contributed by atoms with Crippen molar-refractivity contribution in [3.05, 3.63) is 34.4 Å². The first-order valence-electron chi connectivity index (χ1n) is 9.22. The van der Waals surface area contributed by atoms with Gasteiger partial charge in [-0.1, -0.05) is 12.1 Å². The van der Waals surface area contributed by atoms with E-state index in [1.807, 2.05) is 0 Å². The summed E-state index contributed by atoms with van der Waals surface area (Å²) >= 11 is 0. The van der Waals surface area contributed by atoms with Crippen LogP contribution in [0, 0.1) is 15.5 Å². The molecule has 2 fully saturated rings. The minimum absolute atomic E-state index is 0. The van der Waals surface area contributed by atoms with Gasteiger partial charge < -0.3 is 20.3 Å². The molecule has 1 aromatic rings. The summed E-state index contributed by atoms with van der Waals surface area (Å²) in [5, 5.41) is 17.5. The third-order valence-corrected chi connectivity index (χ3v) is 5.05. The van der Waals surface area contributed by atoms with Crippen LogP contribution in [0.3, 0.4) is 0 Å². The van der Waals surface area contributed by atoms with Gasteiger partial charge in [0.1, 0.15) is 5.69 Å². The average molecular weight is 489 g/mol. The second-order valence-corrected chi connectivity index (χ2v) is 6.91. The molecule has 2 N–H and O–H groups in total. The lowest BCUT2D eigenvalue weighted by atomic mass is 9.87. The van der Waals surface area contributed by atoms with Gasteiger partial charge in [0, 0.05) is 44.3 Å². The van der Waals surface area contributed by atoms with Gasteiger partial charge in [0.2, 0.25) is 0 Å². The predicted molar refractivity (Wildman–Crippen MR) is 117 cm³/mol. The van der Waals surface area contributed by atoms with Crippen molar-refractivity contribution >= 4 is 41.3 Å². The van der Waals surface area contributed by atoms with Crippen LogP contribution in [0.15, 0.2) is 29.3 Å². The summed E-state index contributed by atoms with van der Waals surface area (Å²) in [5.74, 6) is 0.917. The van der Waals surface area contributed by atoms with Crippen LogP contribution in [0.1, 0.15) is 19.8 Å². The van der Waals surface area contributed by atoms with Crippen molar-refractivity contribution in [1.82, 2.24) is 10.2 Å². The number of hydrogen-bond acceptors (Lipinski definition) is 5. The molecule has 9 heteroatoms. The molecule has 2 aliphatic heterocycles. The van der Waals surface area contributed by atoms with Crippen LogP contribution in [-0.2, 0) is 4.74 Å². The van der Waals surface area contributed by atoms with Crippen LogP contribution in [0.4, 0.5) is 11.4 Å². The summed E-state index contributed by atoms with van der Waals surface area (Å²) in [6.07, 6.45) is 2.27. The number of rotatable bonds is 6. The fourth-order valence-corrected chi connectivity index (χ4v) is 3.65. The number of nitro groups is 1. The maximum absolute atomic E-state index is 11.1. The Morgan fingerprint density at radius 2 is 2.22 bits per heavy atom. The topological polar surface area (TPSA) is 92.0 Å². The summed E-state index contributed by atoms with van der Waals surface area (Å²) in [6, 6.07) is 6.68. The Hall–Kier alpha value is -1.62. The lowest BCUT2D eigenvalue weighted by molar-refractivity contribution is -0.384. The Bertz CT molecular complexity index is 664. The molecule has 2 heterocycles. The summed E-state index contributed by atoms with van der Waals surface area (Å²) < 4.78 is 5.60. The maximum Gasteiger partial charge on any atom is 0.292 e. The van der Waals surface area contributed by atoms with Gasteiger partial charge in [-0.25, -0.2) is 0 Å². The Balaban J connectivity index is 0.00000261. The molecule has 2 saturated heterocycles. The molecule has 8 nitrogen and oxygen atoms in total. The highest BCUT2D eigenvalue weighted by molar-refractivity contribution is 14.0. The summed E-state index contributed by atoms with van der Waals surface area (Å²) in [7, 11) is 0. The zero-order chi connectivity index (χ0) is 18.4. The highest BCUT2D eigenvalue weighted by Gasteiger charge is 2.42. The van der Waals surface area contributed by atoms with Gasteiger partial charge in [-0.2, -0.15) is 0 Å². The molecule has 3 rings (SSSR count). The second-order valence-electron chi connectivity index (χ2n) is 6.91. The van der Waals surface area contributed by atoms with Gasteiger partial charge in [-0.15, -0.1) is 24.0 Å². The molecule has 2 aliphatic rings. The number of nitro benzene ring substituents is 1. The Kier molecular flexibility index (Phi) is 8.08. The van der Waals surface area contributed by atoms with Crippen LogP contribution in [0.5, 0.6) is 0 Å². The summed E-state index contributed by atoms with van der Waals surface area (Å²) in [6.45, 7) is 7.66.